The fourth-order valence-electron chi connectivity index (χ4n) is 2.06. The number of carbonyl (C=O) groups excluding carboxylic acids is 1. The molecule has 1 atom stereocenters. The Hall–Kier alpha value is -1.30. The highest BCUT2D eigenvalue weighted by molar-refractivity contribution is 5.75. The van der Waals surface area contributed by atoms with Crippen molar-refractivity contribution in [3.63, 3.8) is 0 Å². The van der Waals surface area contributed by atoms with Crippen LogP contribution in [0.25, 0.3) is 0 Å². The molecule has 6 nitrogen and oxygen atoms in total. The SMILES string of the molecule is CCN(CC(C)C(=O)O)C(=O)NCC1CCOCC1. The molecule has 1 aliphatic rings. The highest BCUT2D eigenvalue weighted by Crippen LogP contribution is 2.13. The summed E-state index contributed by atoms with van der Waals surface area (Å²) in [4.78, 5) is 24.3. The zero-order chi connectivity index (χ0) is 14.3. The minimum absolute atomic E-state index is 0.179. The molecule has 1 rings (SSSR count). The van der Waals surface area contributed by atoms with E-state index in [1.807, 2.05) is 6.92 Å². The number of aliphatic carboxylic acids is 1. The van der Waals surface area contributed by atoms with Crippen LogP contribution in [0.2, 0.25) is 0 Å². The standard InChI is InChI=1S/C13H24N2O4/c1-3-15(9-10(2)12(16)17)13(18)14-8-11-4-6-19-7-5-11/h10-11H,3-9H2,1-2H3,(H,14,18)(H,16,17). The third kappa shape index (κ3) is 5.46. The minimum Gasteiger partial charge on any atom is -0.481 e. The molecular formula is C13H24N2O4. The van der Waals surface area contributed by atoms with Gasteiger partial charge in [-0.25, -0.2) is 4.79 Å². The molecule has 1 aliphatic heterocycles. The number of carboxylic acids is 1. The van der Waals surface area contributed by atoms with Gasteiger partial charge < -0.3 is 20.1 Å². The van der Waals surface area contributed by atoms with Crippen molar-refractivity contribution in [1.82, 2.24) is 10.2 Å². The number of nitrogens with one attached hydrogen (secondary N) is 1. The Bertz CT molecular complexity index is 303. The Morgan fingerprint density at radius 2 is 2.05 bits per heavy atom. The molecule has 19 heavy (non-hydrogen) atoms. The molecule has 0 bridgehead atoms. The van der Waals surface area contributed by atoms with Crippen LogP contribution in [0, 0.1) is 11.8 Å². The van der Waals surface area contributed by atoms with Crippen LogP contribution in [-0.4, -0.2) is 54.9 Å². The number of rotatable bonds is 6. The van der Waals surface area contributed by atoms with E-state index in [0.29, 0.717) is 19.0 Å². The molecule has 0 aliphatic carbocycles. The van der Waals surface area contributed by atoms with E-state index in [0.717, 1.165) is 26.1 Å². The first-order valence-electron chi connectivity index (χ1n) is 6.87. The second-order valence-electron chi connectivity index (χ2n) is 5.02. The van der Waals surface area contributed by atoms with Crippen LogP contribution < -0.4 is 5.32 Å². The molecule has 0 saturated carbocycles. The minimum atomic E-state index is -0.879. The molecule has 1 unspecified atom stereocenters. The maximum Gasteiger partial charge on any atom is 0.317 e. The van der Waals surface area contributed by atoms with Gasteiger partial charge >= 0.3 is 12.0 Å². The van der Waals surface area contributed by atoms with Crippen molar-refractivity contribution in [3.8, 4) is 0 Å². The summed E-state index contributed by atoms with van der Waals surface area (Å²) < 4.78 is 5.27. The number of ether oxygens (including phenoxy) is 1. The predicted octanol–water partition coefficient (Wildman–Crippen LogP) is 1.17. The zero-order valence-corrected chi connectivity index (χ0v) is 11.7. The second kappa shape index (κ2) is 7.99. The van der Waals surface area contributed by atoms with Gasteiger partial charge in [-0.2, -0.15) is 0 Å². The maximum atomic E-state index is 12.0. The Balaban J connectivity index is 2.34. The van der Waals surface area contributed by atoms with Gasteiger partial charge in [0.1, 0.15) is 0 Å². The molecule has 0 aromatic carbocycles. The van der Waals surface area contributed by atoms with Crippen LogP contribution in [-0.2, 0) is 9.53 Å². The first kappa shape index (κ1) is 15.8. The molecule has 6 heteroatoms. The number of carbonyl (C=O) groups is 2. The topological polar surface area (TPSA) is 78.9 Å². The van der Waals surface area contributed by atoms with Crippen molar-refractivity contribution in [3.05, 3.63) is 0 Å². The highest BCUT2D eigenvalue weighted by Gasteiger charge is 2.20. The summed E-state index contributed by atoms with van der Waals surface area (Å²) in [6.45, 7) is 6.37. The molecule has 2 amide bonds. The van der Waals surface area contributed by atoms with Gasteiger partial charge in [0, 0.05) is 32.8 Å². The molecule has 2 N–H and O–H groups in total. The number of carboxylic acid groups (broad SMARTS) is 1. The predicted molar refractivity (Wildman–Crippen MR) is 71.0 cm³/mol. The molecular weight excluding hydrogens is 248 g/mol. The number of urea groups is 1. The lowest BCUT2D eigenvalue weighted by Crippen LogP contribution is -2.45. The molecule has 0 spiro atoms. The van der Waals surface area contributed by atoms with Crippen molar-refractivity contribution in [1.29, 1.82) is 0 Å². The number of nitrogens with zero attached hydrogens (tertiary/aromatic N) is 1. The van der Waals surface area contributed by atoms with E-state index in [-0.39, 0.29) is 12.6 Å². The molecule has 1 saturated heterocycles. The average molecular weight is 272 g/mol. The lowest BCUT2D eigenvalue weighted by Gasteiger charge is -2.26. The second-order valence-corrected chi connectivity index (χ2v) is 5.02. The lowest BCUT2D eigenvalue weighted by atomic mass is 10.0. The molecule has 0 radical (unpaired) electrons. The van der Waals surface area contributed by atoms with E-state index >= 15 is 0 Å². The molecule has 0 aromatic heterocycles. The summed E-state index contributed by atoms with van der Waals surface area (Å²) in [7, 11) is 0. The van der Waals surface area contributed by atoms with E-state index in [1.165, 1.54) is 4.90 Å². The smallest absolute Gasteiger partial charge is 0.317 e. The average Bonchev–Trinajstić information content (AvgIpc) is 2.42. The summed E-state index contributed by atoms with van der Waals surface area (Å²) in [6, 6.07) is -0.179. The molecule has 1 heterocycles. The Kier molecular flexibility index (Phi) is 6.62. The van der Waals surface area contributed by atoms with Crippen LogP contribution in [0.1, 0.15) is 26.7 Å². The largest absolute Gasteiger partial charge is 0.481 e. The van der Waals surface area contributed by atoms with Gasteiger partial charge in [0.25, 0.3) is 0 Å². The van der Waals surface area contributed by atoms with Crippen molar-refractivity contribution in [2.24, 2.45) is 11.8 Å². The van der Waals surface area contributed by atoms with Gasteiger partial charge in [0.15, 0.2) is 0 Å². The molecule has 0 aromatic rings. The third-order valence-corrected chi connectivity index (χ3v) is 3.47. The van der Waals surface area contributed by atoms with Crippen molar-refractivity contribution < 1.29 is 19.4 Å². The summed E-state index contributed by atoms with van der Waals surface area (Å²) in [5, 5.41) is 11.8. The van der Waals surface area contributed by atoms with E-state index in [2.05, 4.69) is 5.32 Å². The fraction of sp³-hybridized carbons (Fsp3) is 0.846. The first-order valence-corrected chi connectivity index (χ1v) is 6.87. The van der Waals surface area contributed by atoms with E-state index in [4.69, 9.17) is 9.84 Å². The summed E-state index contributed by atoms with van der Waals surface area (Å²) in [6.07, 6.45) is 1.94. The summed E-state index contributed by atoms with van der Waals surface area (Å²) >= 11 is 0. The van der Waals surface area contributed by atoms with E-state index in [1.54, 1.807) is 6.92 Å². The van der Waals surface area contributed by atoms with Gasteiger partial charge in [0.2, 0.25) is 0 Å². The number of hydrogen-bond donors (Lipinski definition) is 2. The van der Waals surface area contributed by atoms with E-state index < -0.39 is 11.9 Å². The van der Waals surface area contributed by atoms with Crippen molar-refractivity contribution in [2.45, 2.75) is 26.7 Å². The lowest BCUT2D eigenvalue weighted by molar-refractivity contribution is -0.141. The van der Waals surface area contributed by atoms with Gasteiger partial charge in [-0.15, -0.1) is 0 Å². The monoisotopic (exact) mass is 272 g/mol. The number of hydrogen-bond acceptors (Lipinski definition) is 3. The number of amides is 2. The van der Waals surface area contributed by atoms with Crippen molar-refractivity contribution >= 4 is 12.0 Å². The molecule has 1 fully saturated rings. The first-order chi connectivity index (χ1) is 9.04. The Labute approximate surface area is 114 Å². The van der Waals surface area contributed by atoms with Gasteiger partial charge in [0.05, 0.1) is 5.92 Å². The highest BCUT2D eigenvalue weighted by atomic mass is 16.5. The summed E-state index contributed by atoms with van der Waals surface area (Å²) in [5.74, 6) is -0.960. The van der Waals surface area contributed by atoms with Gasteiger partial charge in [-0.3, -0.25) is 4.79 Å². The normalized spacial score (nSPS) is 17.8. The fourth-order valence-corrected chi connectivity index (χ4v) is 2.06. The molecule has 110 valence electrons. The third-order valence-electron chi connectivity index (χ3n) is 3.47. The zero-order valence-electron chi connectivity index (χ0n) is 11.7. The Morgan fingerprint density at radius 3 is 2.58 bits per heavy atom. The van der Waals surface area contributed by atoms with Gasteiger partial charge in [-0.1, -0.05) is 6.92 Å². The van der Waals surface area contributed by atoms with Crippen LogP contribution in [0.4, 0.5) is 4.79 Å². The van der Waals surface area contributed by atoms with Crippen LogP contribution in [0.5, 0.6) is 0 Å². The van der Waals surface area contributed by atoms with Crippen LogP contribution >= 0.6 is 0 Å². The van der Waals surface area contributed by atoms with Crippen LogP contribution in [0.15, 0.2) is 0 Å². The Morgan fingerprint density at radius 1 is 1.42 bits per heavy atom. The van der Waals surface area contributed by atoms with Crippen LogP contribution in [0.3, 0.4) is 0 Å². The van der Waals surface area contributed by atoms with Crippen molar-refractivity contribution in [2.75, 3.05) is 32.8 Å². The van der Waals surface area contributed by atoms with Gasteiger partial charge in [-0.05, 0) is 25.7 Å². The maximum absolute atomic E-state index is 12.0. The quantitative estimate of drug-likeness (QED) is 0.760. The summed E-state index contributed by atoms with van der Waals surface area (Å²) in [5.41, 5.74) is 0. The van der Waals surface area contributed by atoms with E-state index in [9.17, 15) is 9.59 Å².